The molecular weight excluding hydrogens is 464 g/mol. The number of amides is 3. The second kappa shape index (κ2) is 10.5. The van der Waals surface area contributed by atoms with Crippen molar-refractivity contribution in [3.8, 4) is 11.1 Å². The van der Waals surface area contributed by atoms with E-state index in [2.05, 4.69) is 15.3 Å². The maximum absolute atomic E-state index is 13.0. The number of hydrogen-bond donors (Lipinski definition) is 1. The van der Waals surface area contributed by atoms with Crippen molar-refractivity contribution < 1.29 is 9.59 Å². The molecule has 1 aliphatic rings. The number of nitrogens with one attached hydrogen (secondary N) is 1. The summed E-state index contributed by atoms with van der Waals surface area (Å²) in [7, 11) is 3.47. The van der Waals surface area contributed by atoms with Crippen LogP contribution in [0.4, 0.5) is 22.0 Å². The second-order valence-corrected chi connectivity index (χ2v) is 9.11. The Balaban J connectivity index is 1.24. The molecule has 8 nitrogen and oxygen atoms in total. The van der Waals surface area contributed by atoms with Gasteiger partial charge < -0.3 is 15.1 Å². The van der Waals surface area contributed by atoms with E-state index in [1.165, 1.54) is 0 Å². The zero-order valence-corrected chi connectivity index (χ0v) is 20.8. The van der Waals surface area contributed by atoms with Gasteiger partial charge in [-0.25, -0.2) is 9.78 Å². The van der Waals surface area contributed by atoms with Crippen LogP contribution < -0.4 is 10.2 Å². The first-order valence-electron chi connectivity index (χ1n) is 12.1. The number of carbonyl (C=O) groups is 2. The van der Waals surface area contributed by atoms with E-state index < -0.39 is 0 Å². The van der Waals surface area contributed by atoms with E-state index in [1.807, 2.05) is 77.7 Å². The molecule has 0 saturated carbocycles. The Hall–Kier alpha value is -4.72. The van der Waals surface area contributed by atoms with Crippen molar-refractivity contribution in [2.45, 2.75) is 6.54 Å². The molecule has 37 heavy (non-hydrogen) atoms. The molecule has 0 unspecified atom stereocenters. The first kappa shape index (κ1) is 24.0. The molecule has 0 aliphatic carbocycles. The van der Waals surface area contributed by atoms with E-state index in [1.54, 1.807) is 42.5 Å². The Morgan fingerprint density at radius 2 is 1.68 bits per heavy atom. The third kappa shape index (κ3) is 5.43. The standard InChI is InChI=1S/C29H28N6O2/c1-33(2)28(36)23-10-8-22(9-11-23)24-12-13-27(31-17-24)32-25-16-26(19-30-18-25)35-15-14-34(29(35)37)20-21-6-4-3-5-7-21/h3-13,16-19H,14-15,20H2,1-2H3,(H,31,32). The van der Waals surface area contributed by atoms with Crippen molar-refractivity contribution >= 4 is 29.1 Å². The molecule has 3 heterocycles. The lowest BCUT2D eigenvalue weighted by molar-refractivity contribution is 0.0827. The monoisotopic (exact) mass is 492 g/mol. The van der Waals surface area contributed by atoms with E-state index in [4.69, 9.17) is 0 Å². The number of nitrogens with zero attached hydrogens (tertiary/aromatic N) is 5. The summed E-state index contributed by atoms with van der Waals surface area (Å²) >= 11 is 0. The molecular formula is C29H28N6O2. The predicted octanol–water partition coefficient (Wildman–Crippen LogP) is 5.03. The van der Waals surface area contributed by atoms with Crippen LogP contribution in [0.2, 0.25) is 0 Å². The number of urea groups is 1. The van der Waals surface area contributed by atoms with E-state index in [0.717, 1.165) is 28.1 Å². The first-order chi connectivity index (χ1) is 18.0. The highest BCUT2D eigenvalue weighted by Gasteiger charge is 2.29. The third-order valence-electron chi connectivity index (χ3n) is 6.25. The van der Waals surface area contributed by atoms with Crippen molar-refractivity contribution in [1.82, 2.24) is 19.8 Å². The zero-order chi connectivity index (χ0) is 25.8. The summed E-state index contributed by atoms with van der Waals surface area (Å²) in [5.41, 5.74) is 5.17. The summed E-state index contributed by atoms with van der Waals surface area (Å²) in [5.74, 6) is 0.639. The number of pyridine rings is 2. The number of aromatic nitrogens is 2. The Kier molecular flexibility index (Phi) is 6.81. The van der Waals surface area contributed by atoms with Crippen LogP contribution in [0.5, 0.6) is 0 Å². The number of rotatable bonds is 7. The SMILES string of the molecule is CN(C)C(=O)c1ccc(-c2ccc(Nc3cncc(N4CCN(Cc5ccccc5)C4=O)c3)nc2)cc1. The highest BCUT2D eigenvalue weighted by Crippen LogP contribution is 2.26. The number of anilines is 3. The second-order valence-electron chi connectivity index (χ2n) is 9.11. The lowest BCUT2D eigenvalue weighted by Gasteiger charge is -2.19. The summed E-state index contributed by atoms with van der Waals surface area (Å²) in [6.45, 7) is 1.87. The first-order valence-corrected chi connectivity index (χ1v) is 12.1. The van der Waals surface area contributed by atoms with Crippen LogP contribution in [0.25, 0.3) is 11.1 Å². The molecule has 0 atom stereocenters. The van der Waals surface area contributed by atoms with Crippen LogP contribution >= 0.6 is 0 Å². The summed E-state index contributed by atoms with van der Waals surface area (Å²) in [6.07, 6.45) is 5.20. The van der Waals surface area contributed by atoms with E-state index in [9.17, 15) is 9.59 Å². The van der Waals surface area contributed by atoms with Crippen LogP contribution in [0.15, 0.2) is 91.4 Å². The fourth-order valence-electron chi connectivity index (χ4n) is 4.27. The maximum Gasteiger partial charge on any atom is 0.324 e. The van der Waals surface area contributed by atoms with Crippen molar-refractivity contribution in [3.05, 3.63) is 103 Å². The van der Waals surface area contributed by atoms with Gasteiger partial charge in [0, 0.05) is 51.1 Å². The van der Waals surface area contributed by atoms with Gasteiger partial charge in [-0.1, -0.05) is 42.5 Å². The molecule has 2 aromatic carbocycles. The van der Waals surface area contributed by atoms with Crippen LogP contribution in [-0.4, -0.2) is 58.9 Å². The Morgan fingerprint density at radius 1 is 0.919 bits per heavy atom. The molecule has 0 spiro atoms. The molecule has 1 saturated heterocycles. The normalized spacial score (nSPS) is 13.1. The van der Waals surface area contributed by atoms with Crippen LogP contribution in [-0.2, 0) is 6.54 Å². The molecule has 2 aromatic heterocycles. The number of hydrogen-bond acceptors (Lipinski definition) is 5. The summed E-state index contributed by atoms with van der Waals surface area (Å²) < 4.78 is 0. The summed E-state index contributed by atoms with van der Waals surface area (Å²) in [4.78, 5) is 39.1. The molecule has 1 aliphatic heterocycles. The molecule has 0 radical (unpaired) electrons. The van der Waals surface area contributed by atoms with Crippen LogP contribution in [0, 0.1) is 0 Å². The smallest absolute Gasteiger partial charge is 0.324 e. The summed E-state index contributed by atoms with van der Waals surface area (Å²) in [6, 6.07) is 23.2. The molecule has 1 N–H and O–H groups in total. The minimum atomic E-state index is -0.0282. The Morgan fingerprint density at radius 3 is 2.38 bits per heavy atom. The van der Waals surface area contributed by atoms with Gasteiger partial charge in [0.25, 0.3) is 5.91 Å². The van der Waals surface area contributed by atoms with Gasteiger partial charge >= 0.3 is 6.03 Å². The van der Waals surface area contributed by atoms with Gasteiger partial charge in [-0.05, 0) is 41.5 Å². The quantitative estimate of drug-likeness (QED) is 0.391. The van der Waals surface area contributed by atoms with Crippen molar-refractivity contribution in [3.63, 3.8) is 0 Å². The minimum absolute atomic E-state index is 0.0245. The highest BCUT2D eigenvalue weighted by atomic mass is 16.2. The van der Waals surface area contributed by atoms with Gasteiger partial charge in [0.1, 0.15) is 5.82 Å². The van der Waals surface area contributed by atoms with Crippen LogP contribution in [0.3, 0.4) is 0 Å². The largest absolute Gasteiger partial charge is 0.345 e. The van der Waals surface area contributed by atoms with Gasteiger partial charge in [-0.3, -0.25) is 14.7 Å². The Bertz CT molecular complexity index is 1390. The van der Waals surface area contributed by atoms with E-state index >= 15 is 0 Å². The number of carbonyl (C=O) groups excluding carboxylic acids is 2. The van der Waals surface area contributed by atoms with E-state index in [-0.39, 0.29) is 11.9 Å². The van der Waals surface area contributed by atoms with Gasteiger partial charge in [0.05, 0.1) is 23.8 Å². The maximum atomic E-state index is 13.0. The molecule has 8 heteroatoms. The van der Waals surface area contributed by atoms with E-state index in [0.29, 0.717) is 31.0 Å². The fraction of sp³-hybridized carbons (Fsp3) is 0.172. The lowest BCUT2D eigenvalue weighted by atomic mass is 10.1. The fourth-order valence-corrected chi connectivity index (χ4v) is 4.27. The Labute approximate surface area is 216 Å². The van der Waals surface area contributed by atoms with Gasteiger partial charge in [0.15, 0.2) is 0 Å². The minimum Gasteiger partial charge on any atom is -0.345 e. The molecule has 0 bridgehead atoms. The topological polar surface area (TPSA) is 81.7 Å². The average Bonchev–Trinajstić information content (AvgIpc) is 3.29. The van der Waals surface area contributed by atoms with Gasteiger partial charge in [-0.15, -0.1) is 0 Å². The van der Waals surface area contributed by atoms with Crippen molar-refractivity contribution in [1.29, 1.82) is 0 Å². The highest BCUT2D eigenvalue weighted by molar-refractivity contribution is 5.95. The molecule has 1 fully saturated rings. The lowest BCUT2D eigenvalue weighted by Crippen LogP contribution is -2.31. The van der Waals surface area contributed by atoms with Crippen molar-refractivity contribution in [2.24, 2.45) is 0 Å². The molecule has 5 rings (SSSR count). The molecule has 186 valence electrons. The predicted molar refractivity (Wildman–Crippen MR) is 145 cm³/mol. The third-order valence-corrected chi connectivity index (χ3v) is 6.25. The average molecular weight is 493 g/mol. The molecule has 3 amide bonds. The van der Waals surface area contributed by atoms with Gasteiger partial charge in [-0.2, -0.15) is 0 Å². The number of benzene rings is 2. The van der Waals surface area contributed by atoms with Gasteiger partial charge in [0.2, 0.25) is 0 Å². The van der Waals surface area contributed by atoms with Crippen molar-refractivity contribution in [2.75, 3.05) is 37.4 Å². The zero-order valence-electron chi connectivity index (χ0n) is 20.8. The summed E-state index contributed by atoms with van der Waals surface area (Å²) in [5, 5.41) is 3.27. The van der Waals surface area contributed by atoms with Crippen LogP contribution in [0.1, 0.15) is 15.9 Å². The molecule has 4 aromatic rings.